The summed E-state index contributed by atoms with van der Waals surface area (Å²) in [5, 5.41) is 4.37. The maximum absolute atomic E-state index is 12.2. The van der Waals surface area contributed by atoms with Gasteiger partial charge in [0.2, 0.25) is 0 Å². The number of likely N-dealkylation sites (N-methyl/N-ethyl adjacent to an activating group) is 1. The smallest absolute Gasteiger partial charge is 0.354 e. The maximum Gasteiger partial charge on any atom is 0.354 e. The van der Waals surface area contributed by atoms with Crippen LogP contribution < -0.4 is 10.2 Å². The molecule has 0 aliphatic heterocycles. The van der Waals surface area contributed by atoms with Crippen LogP contribution in [0.25, 0.3) is 10.9 Å². The second kappa shape index (κ2) is 7.91. The first-order chi connectivity index (χ1) is 12.5. The highest BCUT2D eigenvalue weighted by Gasteiger charge is 2.13. The summed E-state index contributed by atoms with van der Waals surface area (Å²) < 4.78 is 5.41. The summed E-state index contributed by atoms with van der Waals surface area (Å²) in [4.78, 5) is 21.7. The molecule has 0 radical (unpaired) electrons. The number of fused-ring (bicyclic) bond motifs is 1. The Morgan fingerprint density at radius 2 is 2.08 bits per heavy atom. The number of pyridine rings is 1. The highest BCUT2D eigenvalue weighted by molar-refractivity contribution is 5.94. The SMILES string of the molecule is CC(C)Nc1cccnc1N(C)CCOC(=O)c1cc2ccccc2[nH]1. The van der Waals surface area contributed by atoms with Crippen LogP contribution in [0.15, 0.2) is 48.7 Å². The molecule has 2 aromatic heterocycles. The van der Waals surface area contributed by atoms with E-state index in [9.17, 15) is 4.79 Å². The average molecular weight is 352 g/mol. The Balaban J connectivity index is 1.58. The number of aromatic amines is 1. The molecule has 3 rings (SSSR count). The van der Waals surface area contributed by atoms with Crippen molar-refractivity contribution in [2.45, 2.75) is 19.9 Å². The van der Waals surface area contributed by atoms with Crippen molar-refractivity contribution in [3.8, 4) is 0 Å². The van der Waals surface area contributed by atoms with E-state index in [1.54, 1.807) is 6.20 Å². The van der Waals surface area contributed by atoms with Crippen LogP contribution in [0.4, 0.5) is 11.5 Å². The Bertz CT molecular complexity index is 855. The predicted molar refractivity (Wildman–Crippen MR) is 105 cm³/mol. The first kappa shape index (κ1) is 17.8. The number of anilines is 2. The van der Waals surface area contributed by atoms with E-state index in [1.807, 2.05) is 54.4 Å². The number of hydrogen-bond acceptors (Lipinski definition) is 5. The first-order valence-corrected chi connectivity index (χ1v) is 8.72. The second-order valence-corrected chi connectivity index (χ2v) is 6.50. The minimum atomic E-state index is -0.351. The molecular formula is C20H24N4O2. The summed E-state index contributed by atoms with van der Waals surface area (Å²) in [7, 11) is 1.94. The van der Waals surface area contributed by atoms with Crippen molar-refractivity contribution in [2.75, 3.05) is 30.4 Å². The molecule has 0 unspecified atom stereocenters. The fourth-order valence-corrected chi connectivity index (χ4v) is 2.77. The summed E-state index contributed by atoms with van der Waals surface area (Å²) in [5.41, 5.74) is 2.36. The number of para-hydroxylation sites is 1. The predicted octanol–water partition coefficient (Wildman–Crippen LogP) is 3.68. The van der Waals surface area contributed by atoms with Gasteiger partial charge in [0, 0.05) is 30.2 Å². The first-order valence-electron chi connectivity index (χ1n) is 8.72. The fraction of sp³-hybridized carbons (Fsp3) is 0.300. The van der Waals surface area contributed by atoms with Crippen LogP contribution in [0.3, 0.4) is 0 Å². The molecule has 1 aromatic carbocycles. The summed E-state index contributed by atoms with van der Waals surface area (Å²) in [6.07, 6.45) is 1.76. The molecule has 26 heavy (non-hydrogen) atoms. The van der Waals surface area contributed by atoms with E-state index < -0.39 is 0 Å². The molecule has 0 fully saturated rings. The molecule has 0 amide bonds. The second-order valence-electron chi connectivity index (χ2n) is 6.50. The van der Waals surface area contributed by atoms with Gasteiger partial charge in [-0.15, -0.1) is 0 Å². The molecule has 2 heterocycles. The van der Waals surface area contributed by atoms with Gasteiger partial charge < -0.3 is 19.9 Å². The van der Waals surface area contributed by atoms with Crippen LogP contribution >= 0.6 is 0 Å². The van der Waals surface area contributed by atoms with E-state index in [4.69, 9.17) is 4.74 Å². The Hall–Kier alpha value is -3.02. The quantitative estimate of drug-likeness (QED) is 0.635. The molecule has 0 spiro atoms. The Morgan fingerprint density at radius 1 is 1.27 bits per heavy atom. The van der Waals surface area contributed by atoms with Gasteiger partial charge in [-0.25, -0.2) is 9.78 Å². The van der Waals surface area contributed by atoms with Crippen LogP contribution in [0, 0.1) is 0 Å². The van der Waals surface area contributed by atoms with Crippen molar-refractivity contribution in [1.29, 1.82) is 0 Å². The van der Waals surface area contributed by atoms with Crippen LogP contribution in [0.1, 0.15) is 24.3 Å². The van der Waals surface area contributed by atoms with Gasteiger partial charge in [0.15, 0.2) is 5.82 Å². The number of ether oxygens (including phenoxy) is 1. The summed E-state index contributed by atoms with van der Waals surface area (Å²) >= 11 is 0. The van der Waals surface area contributed by atoms with E-state index in [-0.39, 0.29) is 12.6 Å². The molecule has 0 atom stereocenters. The van der Waals surface area contributed by atoms with Gasteiger partial charge >= 0.3 is 5.97 Å². The zero-order valence-electron chi connectivity index (χ0n) is 15.3. The van der Waals surface area contributed by atoms with Crippen LogP contribution in [-0.4, -0.2) is 42.2 Å². The summed E-state index contributed by atoms with van der Waals surface area (Å²) in [6.45, 7) is 5.00. The third-order valence-electron chi connectivity index (χ3n) is 4.00. The van der Waals surface area contributed by atoms with Gasteiger partial charge in [-0.2, -0.15) is 0 Å². The Kier molecular flexibility index (Phi) is 5.41. The zero-order valence-corrected chi connectivity index (χ0v) is 15.3. The van der Waals surface area contributed by atoms with Crippen LogP contribution in [0.2, 0.25) is 0 Å². The normalized spacial score (nSPS) is 10.9. The van der Waals surface area contributed by atoms with E-state index in [2.05, 4.69) is 29.1 Å². The van der Waals surface area contributed by atoms with Crippen molar-refractivity contribution in [3.63, 3.8) is 0 Å². The monoisotopic (exact) mass is 352 g/mol. The van der Waals surface area contributed by atoms with E-state index in [0.29, 0.717) is 18.3 Å². The molecule has 3 aromatic rings. The molecule has 6 heteroatoms. The Morgan fingerprint density at radius 3 is 2.85 bits per heavy atom. The van der Waals surface area contributed by atoms with E-state index in [1.165, 1.54) is 0 Å². The Labute approximate surface area is 153 Å². The third-order valence-corrected chi connectivity index (χ3v) is 4.00. The summed E-state index contributed by atoms with van der Waals surface area (Å²) in [5.74, 6) is 0.485. The van der Waals surface area contributed by atoms with Crippen LogP contribution in [-0.2, 0) is 4.74 Å². The number of carbonyl (C=O) groups excluding carboxylic acids is 1. The molecule has 0 saturated carbocycles. The minimum Gasteiger partial charge on any atom is -0.459 e. The van der Waals surface area contributed by atoms with E-state index >= 15 is 0 Å². The number of rotatable bonds is 7. The van der Waals surface area contributed by atoms with Gasteiger partial charge in [-0.05, 0) is 38.1 Å². The van der Waals surface area contributed by atoms with Gasteiger partial charge in [-0.3, -0.25) is 0 Å². The lowest BCUT2D eigenvalue weighted by Crippen LogP contribution is -2.26. The molecule has 136 valence electrons. The molecule has 0 aliphatic carbocycles. The highest BCUT2D eigenvalue weighted by atomic mass is 16.5. The van der Waals surface area contributed by atoms with Gasteiger partial charge in [0.25, 0.3) is 0 Å². The summed E-state index contributed by atoms with van der Waals surface area (Å²) in [6, 6.07) is 13.8. The largest absolute Gasteiger partial charge is 0.459 e. The zero-order chi connectivity index (χ0) is 18.5. The number of esters is 1. The van der Waals surface area contributed by atoms with Gasteiger partial charge in [0.1, 0.15) is 12.3 Å². The lowest BCUT2D eigenvalue weighted by atomic mass is 10.2. The lowest BCUT2D eigenvalue weighted by Gasteiger charge is -2.22. The number of hydrogen-bond donors (Lipinski definition) is 2. The van der Waals surface area contributed by atoms with Crippen molar-refractivity contribution < 1.29 is 9.53 Å². The fourth-order valence-electron chi connectivity index (χ4n) is 2.77. The number of benzene rings is 1. The van der Waals surface area contributed by atoms with E-state index in [0.717, 1.165) is 22.4 Å². The molecule has 2 N–H and O–H groups in total. The van der Waals surface area contributed by atoms with Gasteiger partial charge in [0.05, 0.1) is 12.2 Å². The highest BCUT2D eigenvalue weighted by Crippen LogP contribution is 2.22. The average Bonchev–Trinajstić information content (AvgIpc) is 3.05. The number of nitrogens with one attached hydrogen (secondary N) is 2. The van der Waals surface area contributed by atoms with Crippen molar-refractivity contribution >= 4 is 28.4 Å². The number of nitrogens with zero attached hydrogens (tertiary/aromatic N) is 2. The van der Waals surface area contributed by atoms with Crippen LogP contribution in [0.5, 0.6) is 0 Å². The van der Waals surface area contributed by atoms with Gasteiger partial charge in [-0.1, -0.05) is 18.2 Å². The maximum atomic E-state index is 12.2. The topological polar surface area (TPSA) is 70.2 Å². The van der Waals surface area contributed by atoms with Crippen molar-refractivity contribution in [3.05, 3.63) is 54.4 Å². The molecule has 0 bridgehead atoms. The molecule has 6 nitrogen and oxygen atoms in total. The standard InChI is InChI=1S/C20H24N4O2/c1-14(2)22-17-9-6-10-21-19(17)24(3)11-12-26-20(25)18-13-15-7-4-5-8-16(15)23-18/h4-10,13-14,22-23H,11-12H2,1-3H3. The lowest BCUT2D eigenvalue weighted by molar-refractivity contribution is 0.0510. The minimum absolute atomic E-state index is 0.280. The number of aromatic nitrogens is 2. The third kappa shape index (κ3) is 4.14. The van der Waals surface area contributed by atoms with Crippen molar-refractivity contribution in [1.82, 2.24) is 9.97 Å². The molecule has 0 aliphatic rings. The molecule has 0 saturated heterocycles. The molecular weight excluding hydrogens is 328 g/mol. The number of H-pyrrole nitrogens is 1. The number of carbonyl (C=O) groups is 1. The van der Waals surface area contributed by atoms with Crippen molar-refractivity contribution in [2.24, 2.45) is 0 Å².